The molecule has 0 spiro atoms. The summed E-state index contributed by atoms with van der Waals surface area (Å²) in [6.07, 6.45) is 2.88. The van der Waals surface area contributed by atoms with Crippen LogP contribution in [0.1, 0.15) is 12.6 Å². The third-order valence-electron chi connectivity index (χ3n) is 2.63. The molecule has 1 aromatic heterocycles. The van der Waals surface area contributed by atoms with Crippen molar-refractivity contribution in [2.24, 2.45) is 9.98 Å². The number of hydrogen-bond donors (Lipinski definition) is 3. The van der Waals surface area contributed by atoms with Gasteiger partial charge in [0.05, 0.1) is 0 Å². The third kappa shape index (κ3) is 3.26. The van der Waals surface area contributed by atoms with Crippen LogP contribution in [0.5, 0.6) is 0 Å². The molecule has 0 radical (unpaired) electrons. The van der Waals surface area contributed by atoms with Gasteiger partial charge in [-0.05, 0) is 19.1 Å². The van der Waals surface area contributed by atoms with E-state index in [0.29, 0.717) is 0 Å². The number of guanidine groups is 2. The minimum absolute atomic E-state index is 0.0490. The summed E-state index contributed by atoms with van der Waals surface area (Å²) in [5, 5.41) is 6.36. The molecule has 98 valence electrons. The Bertz CT molecular complexity index is 431. The van der Waals surface area contributed by atoms with Gasteiger partial charge in [-0.3, -0.25) is 10.3 Å². The van der Waals surface area contributed by atoms with Gasteiger partial charge in [-0.15, -0.1) is 0 Å². The Kier molecular flexibility index (Phi) is 3.86. The van der Waals surface area contributed by atoms with Crippen LogP contribution < -0.4 is 10.6 Å². The lowest BCUT2D eigenvalue weighted by Crippen LogP contribution is -2.53. The molecule has 3 N–H and O–H groups in total. The number of rotatable bonds is 3. The first-order chi connectivity index (χ1) is 8.65. The highest BCUT2D eigenvalue weighted by Crippen LogP contribution is 1.98. The molecular formula is C12H20N6. The molecule has 0 fully saturated rings. The minimum atomic E-state index is 0.0490. The van der Waals surface area contributed by atoms with Gasteiger partial charge in [-0.1, -0.05) is 0 Å². The van der Waals surface area contributed by atoms with Crippen molar-refractivity contribution in [1.82, 2.24) is 20.5 Å². The van der Waals surface area contributed by atoms with Crippen LogP contribution in [-0.4, -0.2) is 48.6 Å². The first kappa shape index (κ1) is 12.5. The Morgan fingerprint density at radius 3 is 2.94 bits per heavy atom. The van der Waals surface area contributed by atoms with E-state index < -0.39 is 0 Å². The standard InChI is InChI=1S/C12H20N6/c1-9-15-11(17-12(16-9)18(2)3)14-8-6-10-5-4-7-13-10/h4-5,7,9,13H,6,8H2,1-3H3,(H2,14,15,16,17). The molecule has 1 aliphatic heterocycles. The average molecular weight is 248 g/mol. The summed E-state index contributed by atoms with van der Waals surface area (Å²) in [4.78, 5) is 14.0. The lowest BCUT2D eigenvalue weighted by atomic mass is 10.3. The molecule has 1 aliphatic rings. The monoisotopic (exact) mass is 248 g/mol. The van der Waals surface area contributed by atoms with Crippen LogP contribution in [-0.2, 0) is 6.42 Å². The van der Waals surface area contributed by atoms with Gasteiger partial charge < -0.3 is 15.2 Å². The van der Waals surface area contributed by atoms with Crippen molar-refractivity contribution in [2.75, 3.05) is 20.6 Å². The van der Waals surface area contributed by atoms with Crippen molar-refractivity contribution in [1.29, 1.82) is 0 Å². The normalized spacial score (nSPS) is 21.2. The number of H-pyrrole nitrogens is 1. The molecule has 2 rings (SSSR count). The molecule has 1 aromatic rings. The molecule has 18 heavy (non-hydrogen) atoms. The van der Waals surface area contributed by atoms with E-state index in [1.54, 1.807) is 0 Å². The molecule has 0 aromatic carbocycles. The Morgan fingerprint density at radius 2 is 2.28 bits per heavy atom. The molecule has 6 heteroatoms. The van der Waals surface area contributed by atoms with Crippen molar-refractivity contribution in [3.8, 4) is 0 Å². The molecular weight excluding hydrogens is 228 g/mol. The zero-order valence-corrected chi connectivity index (χ0v) is 11.1. The predicted molar refractivity (Wildman–Crippen MR) is 73.7 cm³/mol. The van der Waals surface area contributed by atoms with Crippen LogP contribution >= 0.6 is 0 Å². The molecule has 0 bridgehead atoms. The van der Waals surface area contributed by atoms with Crippen LogP contribution in [0.3, 0.4) is 0 Å². The van der Waals surface area contributed by atoms with Gasteiger partial charge >= 0.3 is 0 Å². The van der Waals surface area contributed by atoms with E-state index >= 15 is 0 Å². The first-order valence-corrected chi connectivity index (χ1v) is 6.10. The van der Waals surface area contributed by atoms with Gasteiger partial charge in [0.2, 0.25) is 5.96 Å². The Balaban J connectivity index is 1.91. The smallest absolute Gasteiger partial charge is 0.202 e. The zero-order valence-electron chi connectivity index (χ0n) is 11.1. The summed E-state index contributed by atoms with van der Waals surface area (Å²) in [5.41, 5.74) is 1.20. The number of aromatic nitrogens is 1. The van der Waals surface area contributed by atoms with Crippen LogP contribution in [0.15, 0.2) is 28.3 Å². The lowest BCUT2D eigenvalue weighted by Gasteiger charge is -2.26. The van der Waals surface area contributed by atoms with E-state index in [1.807, 2.05) is 38.2 Å². The molecule has 1 unspecified atom stereocenters. The highest BCUT2D eigenvalue weighted by atomic mass is 15.4. The second-order valence-corrected chi connectivity index (χ2v) is 4.47. The van der Waals surface area contributed by atoms with E-state index in [4.69, 9.17) is 0 Å². The number of hydrogen-bond acceptors (Lipinski definition) is 3. The summed E-state index contributed by atoms with van der Waals surface area (Å²) >= 11 is 0. The quantitative estimate of drug-likeness (QED) is 0.724. The summed E-state index contributed by atoms with van der Waals surface area (Å²) in [6, 6.07) is 4.07. The van der Waals surface area contributed by atoms with E-state index in [0.717, 1.165) is 24.9 Å². The topological polar surface area (TPSA) is 67.8 Å². The van der Waals surface area contributed by atoms with Crippen LogP contribution in [0.4, 0.5) is 0 Å². The van der Waals surface area contributed by atoms with Crippen molar-refractivity contribution in [3.63, 3.8) is 0 Å². The molecule has 2 heterocycles. The van der Waals surface area contributed by atoms with Gasteiger partial charge in [-0.25, -0.2) is 4.99 Å². The molecule has 0 saturated heterocycles. The number of aliphatic imine (C=N–C) groups is 2. The summed E-state index contributed by atoms with van der Waals surface area (Å²) in [5.74, 6) is 1.62. The van der Waals surface area contributed by atoms with Crippen molar-refractivity contribution in [3.05, 3.63) is 24.0 Å². The maximum atomic E-state index is 4.51. The lowest BCUT2D eigenvalue weighted by molar-refractivity contribution is 0.559. The van der Waals surface area contributed by atoms with E-state index in [2.05, 4.69) is 31.7 Å². The van der Waals surface area contributed by atoms with Gasteiger partial charge in [0.15, 0.2) is 5.96 Å². The second-order valence-electron chi connectivity index (χ2n) is 4.47. The predicted octanol–water partition coefficient (Wildman–Crippen LogP) is 0.370. The molecule has 0 amide bonds. The van der Waals surface area contributed by atoms with Gasteiger partial charge in [0.1, 0.15) is 6.17 Å². The highest BCUT2D eigenvalue weighted by molar-refractivity contribution is 6.00. The molecule has 1 atom stereocenters. The number of nitrogens with zero attached hydrogens (tertiary/aromatic N) is 3. The van der Waals surface area contributed by atoms with Crippen molar-refractivity contribution in [2.45, 2.75) is 19.5 Å². The summed E-state index contributed by atoms with van der Waals surface area (Å²) in [6.45, 7) is 2.74. The fourth-order valence-electron chi connectivity index (χ4n) is 1.71. The van der Waals surface area contributed by atoms with Crippen LogP contribution in [0, 0.1) is 0 Å². The fourth-order valence-corrected chi connectivity index (χ4v) is 1.71. The Morgan fingerprint density at radius 1 is 1.44 bits per heavy atom. The van der Waals surface area contributed by atoms with Gasteiger partial charge in [0, 0.05) is 39.0 Å². The van der Waals surface area contributed by atoms with Gasteiger partial charge in [0.25, 0.3) is 0 Å². The number of nitrogens with one attached hydrogen (secondary N) is 3. The molecule has 6 nitrogen and oxygen atoms in total. The van der Waals surface area contributed by atoms with Gasteiger partial charge in [-0.2, -0.15) is 0 Å². The largest absolute Gasteiger partial charge is 0.365 e. The number of aromatic amines is 1. The highest BCUT2D eigenvalue weighted by Gasteiger charge is 2.15. The Labute approximate surface area is 107 Å². The third-order valence-corrected chi connectivity index (χ3v) is 2.63. The van der Waals surface area contributed by atoms with Crippen LogP contribution in [0.25, 0.3) is 0 Å². The maximum Gasteiger partial charge on any atom is 0.202 e. The SMILES string of the molecule is CC1N=C(N(C)C)NC(=NCCc2ccc[nH]2)N1. The van der Waals surface area contributed by atoms with Crippen molar-refractivity contribution >= 4 is 11.9 Å². The first-order valence-electron chi connectivity index (χ1n) is 6.10. The Hall–Kier alpha value is -1.98. The fraction of sp³-hybridized carbons (Fsp3) is 0.500. The summed E-state index contributed by atoms with van der Waals surface area (Å²) in [7, 11) is 3.92. The van der Waals surface area contributed by atoms with Crippen LogP contribution in [0.2, 0.25) is 0 Å². The van der Waals surface area contributed by atoms with E-state index in [1.165, 1.54) is 5.69 Å². The minimum Gasteiger partial charge on any atom is -0.365 e. The second kappa shape index (κ2) is 5.57. The van der Waals surface area contributed by atoms with E-state index in [-0.39, 0.29) is 6.17 Å². The summed E-state index contributed by atoms with van der Waals surface area (Å²) < 4.78 is 0. The van der Waals surface area contributed by atoms with Crippen molar-refractivity contribution < 1.29 is 0 Å². The molecule has 0 saturated carbocycles. The average Bonchev–Trinajstić information content (AvgIpc) is 2.81. The van der Waals surface area contributed by atoms with E-state index in [9.17, 15) is 0 Å². The zero-order chi connectivity index (χ0) is 13.0. The molecule has 0 aliphatic carbocycles. The maximum absolute atomic E-state index is 4.51.